The molecule has 0 fully saturated rings. The van der Waals surface area contributed by atoms with Crippen LogP contribution in [0.4, 0.5) is 5.69 Å². The molecule has 1 amide bonds. The number of benzene rings is 2. The van der Waals surface area contributed by atoms with E-state index in [1.165, 1.54) is 0 Å². The first kappa shape index (κ1) is 17.9. The minimum absolute atomic E-state index is 0.0408. The van der Waals surface area contributed by atoms with Crippen molar-refractivity contribution >= 4 is 11.6 Å². The van der Waals surface area contributed by atoms with Gasteiger partial charge in [0.25, 0.3) is 0 Å². The highest BCUT2D eigenvalue weighted by molar-refractivity contribution is 5.93. The molecule has 128 valence electrons. The summed E-state index contributed by atoms with van der Waals surface area (Å²) in [5, 5.41) is 2.95. The molecule has 1 N–H and O–H groups in total. The van der Waals surface area contributed by atoms with E-state index < -0.39 is 0 Å². The van der Waals surface area contributed by atoms with Gasteiger partial charge in [-0.15, -0.1) is 0 Å². The minimum atomic E-state index is -0.0408. The number of nitrogens with one attached hydrogen (secondary N) is 1. The van der Waals surface area contributed by atoms with Crippen LogP contribution in [0.25, 0.3) is 0 Å². The molecule has 1 atom stereocenters. The quantitative estimate of drug-likeness (QED) is 0.770. The van der Waals surface area contributed by atoms with Gasteiger partial charge in [0.1, 0.15) is 11.5 Å². The van der Waals surface area contributed by atoms with Gasteiger partial charge in [-0.2, -0.15) is 0 Å². The Morgan fingerprint density at radius 2 is 1.75 bits per heavy atom. The molecule has 1 unspecified atom stereocenters. The van der Waals surface area contributed by atoms with E-state index in [9.17, 15) is 4.79 Å². The van der Waals surface area contributed by atoms with Crippen molar-refractivity contribution in [3.8, 4) is 11.5 Å². The molecule has 24 heavy (non-hydrogen) atoms. The lowest BCUT2D eigenvalue weighted by atomic mass is 9.97. The van der Waals surface area contributed by atoms with Gasteiger partial charge in [-0.25, -0.2) is 0 Å². The molecule has 4 nitrogen and oxygen atoms in total. The molecule has 0 aliphatic carbocycles. The Bertz CT molecular complexity index is 655. The molecule has 2 rings (SSSR count). The van der Waals surface area contributed by atoms with Gasteiger partial charge in [-0.1, -0.05) is 37.3 Å². The first-order chi connectivity index (χ1) is 11.6. The monoisotopic (exact) mass is 327 g/mol. The van der Waals surface area contributed by atoms with Crippen LogP contribution >= 0.6 is 0 Å². The van der Waals surface area contributed by atoms with E-state index in [0.29, 0.717) is 36.8 Å². The van der Waals surface area contributed by atoms with Crippen LogP contribution in [0.2, 0.25) is 0 Å². The molecule has 0 heterocycles. The molecule has 0 aliphatic rings. The highest BCUT2D eigenvalue weighted by atomic mass is 16.5. The Labute approximate surface area is 143 Å². The fourth-order valence-corrected chi connectivity index (χ4v) is 2.52. The normalized spacial score (nSPS) is 11.6. The molecule has 0 radical (unpaired) electrons. The molecular formula is C20H25NO3. The van der Waals surface area contributed by atoms with E-state index in [2.05, 4.69) is 12.2 Å². The highest BCUT2D eigenvalue weighted by Crippen LogP contribution is 2.30. The number of ether oxygens (including phenoxy) is 2. The molecule has 0 aromatic heterocycles. The Kier molecular flexibility index (Phi) is 6.67. The smallest absolute Gasteiger partial charge is 0.225 e. The molecule has 2 aromatic carbocycles. The van der Waals surface area contributed by atoms with E-state index in [1.807, 2.05) is 56.3 Å². The maximum Gasteiger partial charge on any atom is 0.225 e. The lowest BCUT2D eigenvalue weighted by Gasteiger charge is -2.15. The second-order valence-corrected chi connectivity index (χ2v) is 5.59. The summed E-state index contributed by atoms with van der Waals surface area (Å²) in [4.78, 5) is 12.4. The Morgan fingerprint density at radius 3 is 2.42 bits per heavy atom. The lowest BCUT2D eigenvalue weighted by molar-refractivity contribution is -0.116. The summed E-state index contributed by atoms with van der Waals surface area (Å²) in [6.07, 6.45) is 0.411. The third-order valence-corrected chi connectivity index (χ3v) is 3.70. The van der Waals surface area contributed by atoms with E-state index in [0.717, 1.165) is 5.56 Å². The SMILES string of the molecule is CCOc1ccc(OCC)c(NC(=O)CC(C)c2ccccc2)c1. The Hall–Kier alpha value is -2.49. The van der Waals surface area contributed by atoms with Gasteiger partial charge in [0.05, 0.1) is 18.9 Å². The summed E-state index contributed by atoms with van der Waals surface area (Å²) in [5.74, 6) is 1.48. The van der Waals surface area contributed by atoms with E-state index in [-0.39, 0.29) is 11.8 Å². The highest BCUT2D eigenvalue weighted by Gasteiger charge is 2.14. The van der Waals surface area contributed by atoms with Crippen molar-refractivity contribution in [3.05, 3.63) is 54.1 Å². The van der Waals surface area contributed by atoms with Crippen molar-refractivity contribution < 1.29 is 14.3 Å². The molecule has 0 saturated carbocycles. The molecule has 0 spiro atoms. The number of hydrogen-bond donors (Lipinski definition) is 1. The van der Waals surface area contributed by atoms with Crippen LogP contribution < -0.4 is 14.8 Å². The van der Waals surface area contributed by atoms with Crippen LogP contribution in [0.15, 0.2) is 48.5 Å². The number of rotatable bonds is 8. The largest absolute Gasteiger partial charge is 0.494 e. The fourth-order valence-electron chi connectivity index (χ4n) is 2.52. The number of carbonyl (C=O) groups is 1. The van der Waals surface area contributed by atoms with Crippen molar-refractivity contribution in [2.24, 2.45) is 0 Å². The van der Waals surface area contributed by atoms with Crippen LogP contribution in [0.5, 0.6) is 11.5 Å². The van der Waals surface area contributed by atoms with Crippen LogP contribution in [-0.4, -0.2) is 19.1 Å². The molecular weight excluding hydrogens is 302 g/mol. The summed E-state index contributed by atoms with van der Waals surface area (Å²) in [5.41, 5.74) is 1.80. The summed E-state index contributed by atoms with van der Waals surface area (Å²) < 4.78 is 11.1. The summed E-state index contributed by atoms with van der Waals surface area (Å²) in [6.45, 7) is 7.01. The molecule has 0 bridgehead atoms. The first-order valence-corrected chi connectivity index (χ1v) is 8.38. The van der Waals surface area contributed by atoms with Crippen LogP contribution in [0, 0.1) is 0 Å². The minimum Gasteiger partial charge on any atom is -0.494 e. The Morgan fingerprint density at radius 1 is 1.04 bits per heavy atom. The van der Waals surface area contributed by atoms with Gasteiger partial charge in [0.2, 0.25) is 5.91 Å². The van der Waals surface area contributed by atoms with Gasteiger partial charge in [0.15, 0.2) is 0 Å². The zero-order chi connectivity index (χ0) is 17.4. The van der Waals surface area contributed by atoms with Crippen molar-refractivity contribution in [3.63, 3.8) is 0 Å². The zero-order valence-corrected chi connectivity index (χ0v) is 14.5. The first-order valence-electron chi connectivity index (χ1n) is 8.38. The van der Waals surface area contributed by atoms with Crippen LogP contribution in [-0.2, 0) is 4.79 Å². The third kappa shape index (κ3) is 5.01. The maximum absolute atomic E-state index is 12.4. The fraction of sp³-hybridized carbons (Fsp3) is 0.350. The van der Waals surface area contributed by atoms with Crippen LogP contribution in [0.3, 0.4) is 0 Å². The molecule has 2 aromatic rings. The standard InChI is InChI=1S/C20H25NO3/c1-4-23-17-11-12-19(24-5-2)18(14-17)21-20(22)13-15(3)16-9-7-6-8-10-16/h6-12,14-15H,4-5,13H2,1-3H3,(H,21,22). The van der Waals surface area contributed by atoms with Crippen molar-refractivity contribution in [1.82, 2.24) is 0 Å². The van der Waals surface area contributed by atoms with Gasteiger partial charge in [-0.3, -0.25) is 4.79 Å². The van der Waals surface area contributed by atoms with Crippen molar-refractivity contribution in [2.75, 3.05) is 18.5 Å². The van der Waals surface area contributed by atoms with E-state index >= 15 is 0 Å². The van der Waals surface area contributed by atoms with Gasteiger partial charge < -0.3 is 14.8 Å². The zero-order valence-electron chi connectivity index (χ0n) is 14.5. The predicted molar refractivity (Wildman–Crippen MR) is 96.9 cm³/mol. The summed E-state index contributed by atoms with van der Waals surface area (Å²) in [6, 6.07) is 15.5. The molecule has 0 aliphatic heterocycles. The average molecular weight is 327 g/mol. The molecule has 4 heteroatoms. The van der Waals surface area contributed by atoms with Gasteiger partial charge in [-0.05, 0) is 37.5 Å². The number of carbonyl (C=O) groups excluding carboxylic acids is 1. The number of hydrogen-bond acceptors (Lipinski definition) is 3. The third-order valence-electron chi connectivity index (χ3n) is 3.70. The van der Waals surface area contributed by atoms with Crippen molar-refractivity contribution in [1.29, 1.82) is 0 Å². The average Bonchev–Trinajstić information content (AvgIpc) is 2.58. The van der Waals surface area contributed by atoms with E-state index in [4.69, 9.17) is 9.47 Å². The lowest BCUT2D eigenvalue weighted by Crippen LogP contribution is -2.15. The number of anilines is 1. The van der Waals surface area contributed by atoms with Gasteiger partial charge in [0, 0.05) is 12.5 Å². The second-order valence-electron chi connectivity index (χ2n) is 5.59. The van der Waals surface area contributed by atoms with Gasteiger partial charge >= 0.3 is 0 Å². The van der Waals surface area contributed by atoms with Crippen molar-refractivity contribution in [2.45, 2.75) is 33.1 Å². The molecule has 0 saturated heterocycles. The Balaban J connectivity index is 2.07. The topological polar surface area (TPSA) is 47.6 Å². The number of amides is 1. The van der Waals surface area contributed by atoms with E-state index in [1.54, 1.807) is 6.07 Å². The predicted octanol–water partition coefficient (Wildman–Crippen LogP) is 4.62. The maximum atomic E-state index is 12.4. The van der Waals surface area contributed by atoms with Crippen LogP contribution in [0.1, 0.15) is 38.7 Å². The summed E-state index contributed by atoms with van der Waals surface area (Å²) in [7, 11) is 0. The second kappa shape index (κ2) is 8.96. The summed E-state index contributed by atoms with van der Waals surface area (Å²) >= 11 is 0.